The zero-order valence-electron chi connectivity index (χ0n) is 25.8. The van der Waals surface area contributed by atoms with Gasteiger partial charge in [-0.25, -0.2) is 4.79 Å². The smallest absolute Gasteiger partial charge is 0.341 e. The van der Waals surface area contributed by atoms with E-state index in [2.05, 4.69) is 24.8 Å². The topological polar surface area (TPSA) is 220 Å². The molecule has 0 spiro atoms. The lowest BCUT2D eigenvalue weighted by Gasteiger charge is -2.07. The van der Waals surface area contributed by atoms with Gasteiger partial charge in [-0.3, -0.25) is 19.2 Å². The van der Waals surface area contributed by atoms with Gasteiger partial charge in [-0.1, -0.05) is 69.8 Å². The van der Waals surface area contributed by atoms with Crippen LogP contribution >= 0.6 is 23.2 Å². The van der Waals surface area contributed by atoms with Gasteiger partial charge in [-0.05, 0) is 48.7 Å². The summed E-state index contributed by atoms with van der Waals surface area (Å²) in [6, 6.07) is 13.7. The van der Waals surface area contributed by atoms with E-state index in [1.54, 1.807) is 62.4 Å². The van der Waals surface area contributed by atoms with E-state index in [1.807, 2.05) is 0 Å². The molecule has 0 aromatic heterocycles. The minimum atomic E-state index is -0.740. The fourth-order valence-corrected chi connectivity index (χ4v) is 3.30. The summed E-state index contributed by atoms with van der Waals surface area (Å²) in [4.78, 5) is 61.2. The van der Waals surface area contributed by atoms with E-state index in [4.69, 9.17) is 48.5 Å². The second-order valence-corrected chi connectivity index (χ2v) is 9.21. The molecule has 0 saturated heterocycles. The van der Waals surface area contributed by atoms with Crippen molar-refractivity contribution in [2.24, 2.45) is 10.2 Å². The standard InChI is InChI=1S/C15H16ClN3O4.C8H13N3O4.C7H5ClO/c1-2-23-15(21)12(9-11-5-3-4-6-13(11)16)14(20)10-22-8-7-18-19-17;1-2-15-8(13)5-7(12)6-14-4-3-10-11-9;8-7-4-2-1-3-6(7)5-9/h3-6,9H,2,7-8,10H2,1H3;2-6H2,1H3;1-5H/b12-9-;;. The van der Waals surface area contributed by atoms with Gasteiger partial charge >= 0.3 is 11.9 Å². The second kappa shape index (κ2) is 27.6. The van der Waals surface area contributed by atoms with E-state index < -0.39 is 17.7 Å². The summed E-state index contributed by atoms with van der Waals surface area (Å²) in [5.74, 6) is -2.18. The Hall–Kier alpha value is -4.75. The molecule has 0 saturated carbocycles. The van der Waals surface area contributed by atoms with Crippen LogP contribution in [0.2, 0.25) is 10.0 Å². The van der Waals surface area contributed by atoms with Gasteiger partial charge in [0.05, 0.1) is 31.5 Å². The van der Waals surface area contributed by atoms with Crippen molar-refractivity contribution in [2.75, 3.05) is 52.7 Å². The third-order valence-corrected chi connectivity index (χ3v) is 5.66. The third-order valence-electron chi connectivity index (χ3n) is 4.97. The number of benzene rings is 2. The number of ketones is 2. The lowest BCUT2D eigenvalue weighted by Crippen LogP contribution is -2.20. The third kappa shape index (κ3) is 20.8. The summed E-state index contributed by atoms with van der Waals surface area (Å²) in [5.41, 5.74) is 17.0. The Bertz CT molecular complexity index is 1440. The van der Waals surface area contributed by atoms with Gasteiger partial charge in [0.25, 0.3) is 0 Å². The summed E-state index contributed by atoms with van der Waals surface area (Å²) in [5, 5.41) is 7.41. The zero-order chi connectivity index (χ0) is 35.3. The van der Waals surface area contributed by atoms with Crippen molar-refractivity contribution in [1.29, 1.82) is 0 Å². The number of nitrogens with zero attached hydrogens (tertiary/aromatic N) is 6. The first-order valence-electron chi connectivity index (χ1n) is 13.9. The Morgan fingerprint density at radius 2 is 1.30 bits per heavy atom. The molecule has 0 bridgehead atoms. The molecule has 0 unspecified atom stereocenters. The number of carbonyl (C=O) groups excluding carboxylic acids is 5. The normalized spacial score (nSPS) is 9.91. The molecule has 0 N–H and O–H groups in total. The molecular weight excluding hydrogens is 659 g/mol. The highest BCUT2D eigenvalue weighted by atomic mass is 35.5. The predicted octanol–water partition coefficient (Wildman–Crippen LogP) is 6.17. The Balaban J connectivity index is 0.000000751. The van der Waals surface area contributed by atoms with Gasteiger partial charge < -0.3 is 18.9 Å². The van der Waals surface area contributed by atoms with Crippen LogP contribution in [-0.2, 0) is 38.1 Å². The van der Waals surface area contributed by atoms with Crippen molar-refractivity contribution in [2.45, 2.75) is 20.3 Å². The number of ether oxygens (including phenoxy) is 4. The SMILES string of the molecule is CCOC(=O)/C(=C\c1ccccc1Cl)C(=O)COCCN=[N+]=[N-].CCOC(=O)CC(=O)COCCN=[N+]=[N-].O=Cc1ccccc1Cl. The van der Waals surface area contributed by atoms with E-state index in [-0.39, 0.29) is 70.5 Å². The van der Waals surface area contributed by atoms with Crippen molar-refractivity contribution in [3.63, 3.8) is 0 Å². The molecule has 17 heteroatoms. The number of esters is 2. The number of hydrogen-bond acceptors (Lipinski definition) is 11. The molecule has 0 aliphatic heterocycles. The molecule has 0 radical (unpaired) electrons. The van der Waals surface area contributed by atoms with Gasteiger partial charge in [0.2, 0.25) is 0 Å². The molecule has 2 aromatic carbocycles. The number of carbonyl (C=O) groups is 5. The second-order valence-electron chi connectivity index (χ2n) is 8.40. The molecule has 47 heavy (non-hydrogen) atoms. The van der Waals surface area contributed by atoms with Crippen molar-refractivity contribution in [3.05, 3.63) is 96.2 Å². The molecule has 0 aliphatic rings. The van der Waals surface area contributed by atoms with Crippen LogP contribution in [0.3, 0.4) is 0 Å². The molecule has 2 aromatic rings. The van der Waals surface area contributed by atoms with Crippen molar-refractivity contribution >= 4 is 59.1 Å². The van der Waals surface area contributed by atoms with E-state index in [0.717, 1.165) is 6.29 Å². The maximum atomic E-state index is 12.2. The van der Waals surface area contributed by atoms with Crippen LogP contribution in [0, 0.1) is 0 Å². The van der Waals surface area contributed by atoms with E-state index in [0.29, 0.717) is 21.2 Å². The van der Waals surface area contributed by atoms with Gasteiger partial charge in [0.1, 0.15) is 25.2 Å². The van der Waals surface area contributed by atoms with Crippen LogP contribution in [-0.4, -0.2) is 82.5 Å². The fourth-order valence-electron chi connectivity index (χ4n) is 2.93. The Kier molecular flexibility index (Phi) is 24.8. The largest absolute Gasteiger partial charge is 0.466 e. The fraction of sp³-hybridized carbons (Fsp3) is 0.367. The molecule has 0 atom stereocenters. The number of hydrogen-bond donors (Lipinski definition) is 0. The molecular formula is C30H34Cl2N6O9. The molecule has 0 fully saturated rings. The highest BCUT2D eigenvalue weighted by molar-refractivity contribution is 6.33. The Morgan fingerprint density at radius 3 is 1.77 bits per heavy atom. The molecule has 0 amide bonds. The summed E-state index contributed by atoms with van der Waals surface area (Å²) >= 11 is 11.6. The minimum absolute atomic E-state index is 0.0813. The monoisotopic (exact) mass is 692 g/mol. The number of halogens is 2. The Labute approximate surface area is 281 Å². The van der Waals surface area contributed by atoms with Gasteiger partial charge in [-0.15, -0.1) is 0 Å². The lowest BCUT2D eigenvalue weighted by atomic mass is 10.1. The summed E-state index contributed by atoms with van der Waals surface area (Å²) in [6.07, 6.45) is 1.83. The highest BCUT2D eigenvalue weighted by Crippen LogP contribution is 2.19. The first-order chi connectivity index (χ1) is 22.6. The Morgan fingerprint density at radius 1 is 0.787 bits per heavy atom. The summed E-state index contributed by atoms with van der Waals surface area (Å²) in [6.45, 7) is 3.74. The van der Waals surface area contributed by atoms with Crippen LogP contribution in [0.25, 0.3) is 27.0 Å². The van der Waals surface area contributed by atoms with E-state index in [1.165, 1.54) is 6.08 Å². The molecule has 252 valence electrons. The van der Waals surface area contributed by atoms with Crippen molar-refractivity contribution < 1.29 is 42.9 Å². The molecule has 2 rings (SSSR count). The number of azide groups is 2. The maximum absolute atomic E-state index is 12.2. The average molecular weight is 694 g/mol. The summed E-state index contributed by atoms with van der Waals surface area (Å²) in [7, 11) is 0. The van der Waals surface area contributed by atoms with E-state index >= 15 is 0 Å². The number of aldehydes is 1. The molecule has 15 nitrogen and oxygen atoms in total. The molecule has 0 aliphatic carbocycles. The van der Waals surface area contributed by atoms with E-state index in [9.17, 15) is 24.0 Å². The predicted molar refractivity (Wildman–Crippen MR) is 174 cm³/mol. The van der Waals surface area contributed by atoms with Gasteiger partial charge in [-0.2, -0.15) is 0 Å². The summed E-state index contributed by atoms with van der Waals surface area (Å²) < 4.78 is 19.4. The van der Waals surface area contributed by atoms with Crippen molar-refractivity contribution in [3.8, 4) is 0 Å². The van der Waals surface area contributed by atoms with Crippen LogP contribution in [0.5, 0.6) is 0 Å². The van der Waals surface area contributed by atoms with Crippen LogP contribution < -0.4 is 0 Å². The van der Waals surface area contributed by atoms with Crippen LogP contribution in [0.15, 0.2) is 64.3 Å². The zero-order valence-corrected chi connectivity index (χ0v) is 27.3. The number of rotatable bonds is 18. The van der Waals surface area contributed by atoms with Gasteiger partial charge in [0, 0.05) is 33.5 Å². The highest BCUT2D eigenvalue weighted by Gasteiger charge is 2.20. The maximum Gasteiger partial charge on any atom is 0.341 e. The van der Waals surface area contributed by atoms with Gasteiger partial charge in [0.15, 0.2) is 17.9 Å². The number of Topliss-reactive ketones (excluding diaryl/α,β-unsaturated/α-hetero) is 2. The lowest BCUT2D eigenvalue weighted by molar-refractivity contribution is -0.146. The first kappa shape index (κ1) is 42.2. The quantitative estimate of drug-likeness (QED) is 0.0200. The van der Waals surface area contributed by atoms with Crippen LogP contribution in [0.4, 0.5) is 0 Å². The molecule has 0 heterocycles. The average Bonchev–Trinajstić information content (AvgIpc) is 3.05. The minimum Gasteiger partial charge on any atom is -0.466 e. The van der Waals surface area contributed by atoms with Crippen LogP contribution in [0.1, 0.15) is 36.2 Å². The first-order valence-corrected chi connectivity index (χ1v) is 14.6. The van der Waals surface area contributed by atoms with Crippen molar-refractivity contribution in [1.82, 2.24) is 0 Å².